The molecule has 0 saturated carbocycles. The molecular weight excluding hydrogens is 371 g/mol. The fourth-order valence-corrected chi connectivity index (χ4v) is 3.28. The Balaban J connectivity index is 1.62. The highest BCUT2D eigenvalue weighted by Crippen LogP contribution is 2.29. The Bertz CT molecular complexity index is 909. The van der Waals surface area contributed by atoms with E-state index in [1.165, 1.54) is 17.0 Å². The molecule has 0 fully saturated rings. The van der Waals surface area contributed by atoms with Crippen LogP contribution in [0.5, 0.6) is 0 Å². The predicted molar refractivity (Wildman–Crippen MR) is 102 cm³/mol. The van der Waals surface area contributed by atoms with Crippen molar-refractivity contribution >= 4 is 23.4 Å². The van der Waals surface area contributed by atoms with E-state index in [4.69, 9.17) is 0 Å². The molecule has 1 amide bonds. The topological polar surface area (TPSA) is 29.1 Å². The number of alkyl halides is 3. The zero-order valence-corrected chi connectivity index (χ0v) is 15.0. The van der Waals surface area contributed by atoms with Gasteiger partial charge in [-0.25, -0.2) is 0 Å². The fraction of sp³-hybridized carbons (Fsp3) is 0.0952. The average Bonchev–Trinajstić information content (AvgIpc) is 2.68. The third-order valence-electron chi connectivity index (χ3n) is 3.81. The Labute approximate surface area is 159 Å². The lowest BCUT2D eigenvalue weighted by molar-refractivity contribution is -0.137. The molecule has 138 valence electrons. The smallest absolute Gasteiger partial charge is 0.322 e. The van der Waals surface area contributed by atoms with Gasteiger partial charge in [0.15, 0.2) is 0 Å². The summed E-state index contributed by atoms with van der Waals surface area (Å²) in [4.78, 5) is 13.4. The SMILES string of the molecule is O=C(Nc1ccc(CSc2ccccc2)cc1)c1cccc(C(F)(F)F)c1. The summed E-state index contributed by atoms with van der Waals surface area (Å²) < 4.78 is 38.3. The van der Waals surface area contributed by atoms with E-state index in [9.17, 15) is 18.0 Å². The van der Waals surface area contributed by atoms with E-state index in [2.05, 4.69) is 5.32 Å². The van der Waals surface area contributed by atoms with Crippen molar-refractivity contribution in [3.8, 4) is 0 Å². The van der Waals surface area contributed by atoms with E-state index >= 15 is 0 Å². The number of rotatable bonds is 5. The molecule has 0 aromatic heterocycles. The molecule has 0 radical (unpaired) electrons. The van der Waals surface area contributed by atoms with Gasteiger partial charge < -0.3 is 5.32 Å². The van der Waals surface area contributed by atoms with Crippen molar-refractivity contribution in [2.45, 2.75) is 16.8 Å². The van der Waals surface area contributed by atoms with Crippen molar-refractivity contribution < 1.29 is 18.0 Å². The van der Waals surface area contributed by atoms with E-state index in [1.807, 2.05) is 42.5 Å². The highest BCUT2D eigenvalue weighted by atomic mass is 32.2. The Hall–Kier alpha value is -2.73. The van der Waals surface area contributed by atoms with Gasteiger partial charge >= 0.3 is 6.18 Å². The molecule has 0 aliphatic heterocycles. The third kappa shape index (κ3) is 5.37. The minimum absolute atomic E-state index is 0.0338. The van der Waals surface area contributed by atoms with Crippen LogP contribution in [0.3, 0.4) is 0 Å². The van der Waals surface area contributed by atoms with Crippen LogP contribution in [0.2, 0.25) is 0 Å². The normalized spacial score (nSPS) is 11.2. The Morgan fingerprint density at radius 1 is 0.889 bits per heavy atom. The number of hydrogen-bond donors (Lipinski definition) is 1. The second-order valence-corrected chi connectivity index (χ2v) is 6.88. The van der Waals surface area contributed by atoms with Gasteiger partial charge in [-0.2, -0.15) is 13.2 Å². The van der Waals surface area contributed by atoms with Crippen LogP contribution in [-0.2, 0) is 11.9 Å². The number of nitrogens with one attached hydrogen (secondary N) is 1. The second kappa shape index (κ2) is 8.31. The number of thioether (sulfide) groups is 1. The fourth-order valence-electron chi connectivity index (χ4n) is 2.41. The lowest BCUT2D eigenvalue weighted by Gasteiger charge is -2.10. The molecule has 0 unspecified atom stereocenters. The first-order valence-corrected chi connectivity index (χ1v) is 9.16. The highest BCUT2D eigenvalue weighted by Gasteiger charge is 2.30. The van der Waals surface area contributed by atoms with Gasteiger partial charge in [0.25, 0.3) is 5.91 Å². The van der Waals surface area contributed by atoms with Gasteiger partial charge in [0.2, 0.25) is 0 Å². The molecule has 0 spiro atoms. The Kier molecular flexibility index (Phi) is 5.86. The Morgan fingerprint density at radius 2 is 1.59 bits per heavy atom. The molecule has 3 aromatic rings. The quantitative estimate of drug-likeness (QED) is 0.524. The van der Waals surface area contributed by atoms with Crippen LogP contribution in [0.25, 0.3) is 0 Å². The standard InChI is InChI=1S/C21H16F3NOS/c22-21(23,24)17-6-4-5-16(13-17)20(26)25-18-11-9-15(10-12-18)14-27-19-7-2-1-3-8-19/h1-13H,14H2,(H,25,26). The number of carbonyl (C=O) groups is 1. The summed E-state index contributed by atoms with van der Waals surface area (Å²) in [7, 11) is 0. The van der Waals surface area contributed by atoms with E-state index in [-0.39, 0.29) is 5.56 Å². The van der Waals surface area contributed by atoms with Gasteiger partial charge in [-0.15, -0.1) is 11.8 Å². The average molecular weight is 387 g/mol. The van der Waals surface area contributed by atoms with Crippen LogP contribution in [-0.4, -0.2) is 5.91 Å². The van der Waals surface area contributed by atoms with Crippen LogP contribution in [0.15, 0.2) is 83.8 Å². The van der Waals surface area contributed by atoms with E-state index in [1.54, 1.807) is 23.9 Å². The molecule has 0 aliphatic carbocycles. The van der Waals surface area contributed by atoms with Crippen molar-refractivity contribution in [3.05, 3.63) is 95.6 Å². The monoisotopic (exact) mass is 387 g/mol. The summed E-state index contributed by atoms with van der Waals surface area (Å²) in [5, 5.41) is 2.62. The molecule has 0 atom stereocenters. The molecule has 1 N–H and O–H groups in total. The van der Waals surface area contributed by atoms with Gasteiger partial charge in [0, 0.05) is 21.9 Å². The number of hydrogen-bond acceptors (Lipinski definition) is 2. The van der Waals surface area contributed by atoms with Gasteiger partial charge in [-0.05, 0) is 48.0 Å². The first-order chi connectivity index (χ1) is 12.9. The summed E-state index contributed by atoms with van der Waals surface area (Å²) in [5.74, 6) is 0.207. The first-order valence-electron chi connectivity index (χ1n) is 8.17. The molecule has 27 heavy (non-hydrogen) atoms. The third-order valence-corrected chi connectivity index (χ3v) is 4.90. The lowest BCUT2D eigenvalue weighted by Crippen LogP contribution is -2.13. The molecule has 3 aromatic carbocycles. The molecule has 0 heterocycles. The summed E-state index contributed by atoms with van der Waals surface area (Å²) in [6.07, 6.45) is -4.48. The van der Waals surface area contributed by atoms with Crippen molar-refractivity contribution in [2.24, 2.45) is 0 Å². The maximum absolute atomic E-state index is 12.8. The maximum Gasteiger partial charge on any atom is 0.416 e. The van der Waals surface area contributed by atoms with Crippen molar-refractivity contribution in [2.75, 3.05) is 5.32 Å². The highest BCUT2D eigenvalue weighted by molar-refractivity contribution is 7.98. The zero-order valence-electron chi connectivity index (χ0n) is 14.2. The van der Waals surface area contributed by atoms with Crippen LogP contribution < -0.4 is 5.32 Å². The zero-order chi connectivity index (χ0) is 19.3. The van der Waals surface area contributed by atoms with Crippen LogP contribution >= 0.6 is 11.8 Å². The van der Waals surface area contributed by atoms with Crippen molar-refractivity contribution in [1.82, 2.24) is 0 Å². The Morgan fingerprint density at radius 3 is 2.26 bits per heavy atom. The number of amides is 1. The minimum atomic E-state index is -4.48. The molecule has 3 rings (SSSR count). The van der Waals surface area contributed by atoms with E-state index < -0.39 is 17.6 Å². The van der Waals surface area contributed by atoms with Gasteiger partial charge in [-0.1, -0.05) is 36.4 Å². The van der Waals surface area contributed by atoms with E-state index in [0.29, 0.717) is 5.69 Å². The van der Waals surface area contributed by atoms with Gasteiger partial charge in [0.1, 0.15) is 0 Å². The van der Waals surface area contributed by atoms with Crippen molar-refractivity contribution in [3.63, 3.8) is 0 Å². The summed E-state index contributed by atoms with van der Waals surface area (Å²) >= 11 is 1.70. The van der Waals surface area contributed by atoms with Crippen LogP contribution in [0.4, 0.5) is 18.9 Å². The maximum atomic E-state index is 12.8. The molecular formula is C21H16F3NOS. The van der Waals surface area contributed by atoms with E-state index in [0.717, 1.165) is 23.4 Å². The molecule has 2 nitrogen and oxygen atoms in total. The summed E-state index contributed by atoms with van der Waals surface area (Å²) in [5.41, 5.74) is 0.740. The number of carbonyl (C=O) groups excluding carboxylic acids is 1. The van der Waals surface area contributed by atoms with Crippen molar-refractivity contribution in [1.29, 1.82) is 0 Å². The molecule has 0 aliphatic rings. The number of benzene rings is 3. The van der Waals surface area contributed by atoms with Crippen LogP contribution in [0, 0.1) is 0 Å². The first kappa shape index (κ1) is 19.0. The van der Waals surface area contributed by atoms with Crippen LogP contribution in [0.1, 0.15) is 21.5 Å². The molecule has 0 bridgehead atoms. The predicted octanol–water partition coefficient (Wildman–Crippen LogP) is 6.25. The number of anilines is 1. The largest absolute Gasteiger partial charge is 0.416 e. The van der Waals surface area contributed by atoms with Gasteiger partial charge in [-0.3, -0.25) is 4.79 Å². The molecule has 6 heteroatoms. The second-order valence-electron chi connectivity index (χ2n) is 5.83. The minimum Gasteiger partial charge on any atom is -0.322 e. The summed E-state index contributed by atoms with van der Waals surface area (Å²) in [6.45, 7) is 0. The summed E-state index contributed by atoms with van der Waals surface area (Å²) in [6, 6.07) is 21.6. The molecule has 0 saturated heterocycles. The number of halogens is 3. The van der Waals surface area contributed by atoms with Gasteiger partial charge in [0.05, 0.1) is 5.56 Å². The lowest BCUT2D eigenvalue weighted by atomic mass is 10.1.